The summed E-state index contributed by atoms with van der Waals surface area (Å²) in [6, 6.07) is 30.1. The van der Waals surface area contributed by atoms with Crippen LogP contribution in [0.5, 0.6) is 0 Å². The Morgan fingerprint density at radius 2 is 1.30 bits per heavy atom. The van der Waals surface area contributed by atoms with Gasteiger partial charge in [-0.1, -0.05) is 97.4 Å². The largest absolute Gasteiger partial charge is 0.480 e. The third-order valence-corrected chi connectivity index (χ3v) is 9.04. The van der Waals surface area contributed by atoms with E-state index < -0.39 is 46.7 Å². The van der Waals surface area contributed by atoms with Crippen LogP contribution >= 0.6 is 11.8 Å². The van der Waals surface area contributed by atoms with E-state index >= 15 is 0 Å². The minimum absolute atomic E-state index is 0.118. The fourth-order valence-corrected chi connectivity index (χ4v) is 6.64. The van der Waals surface area contributed by atoms with Gasteiger partial charge in [-0.25, -0.2) is 9.59 Å². The van der Waals surface area contributed by atoms with Crippen molar-refractivity contribution in [2.24, 2.45) is 0 Å². The number of nitrogens with zero attached hydrogens (tertiary/aromatic N) is 1. The molecule has 0 aromatic heterocycles. The summed E-state index contributed by atoms with van der Waals surface area (Å²) in [5.74, 6) is -1.38. The number of carbonyl (C=O) groups is 4. The van der Waals surface area contributed by atoms with Crippen LogP contribution in [0.4, 0.5) is 4.79 Å². The first-order chi connectivity index (χ1) is 22.4. The van der Waals surface area contributed by atoms with Gasteiger partial charge in [0.05, 0.1) is 11.2 Å². The Balaban J connectivity index is 1.48. The molecule has 9 nitrogen and oxygen atoms in total. The number of ether oxygens (including phenoxy) is 1. The van der Waals surface area contributed by atoms with Gasteiger partial charge in [0.1, 0.15) is 11.6 Å². The Hall–Kier alpha value is -4.31. The zero-order valence-corrected chi connectivity index (χ0v) is 28.6. The summed E-state index contributed by atoms with van der Waals surface area (Å²) in [4.78, 5) is 50.1. The third kappa shape index (κ3) is 11.8. The Morgan fingerprint density at radius 1 is 0.787 bits per heavy atom. The maximum atomic E-state index is 12.6. The molecule has 0 heterocycles. The molecular formula is C37H47N3O6S. The van der Waals surface area contributed by atoms with Crippen LogP contribution in [0.2, 0.25) is 0 Å². The number of carbonyl (C=O) groups excluding carboxylic acids is 3. The number of aliphatic carboxylic acids is 1. The molecule has 3 aromatic rings. The highest BCUT2D eigenvalue weighted by atomic mass is 32.2. The van der Waals surface area contributed by atoms with Gasteiger partial charge in [-0.15, -0.1) is 11.8 Å². The van der Waals surface area contributed by atoms with Crippen molar-refractivity contribution in [2.75, 3.05) is 25.9 Å². The third-order valence-electron chi connectivity index (χ3n) is 7.41. The van der Waals surface area contributed by atoms with E-state index in [0.29, 0.717) is 6.42 Å². The topological polar surface area (TPSA) is 125 Å². The van der Waals surface area contributed by atoms with Crippen LogP contribution in [0.1, 0.15) is 69.6 Å². The molecule has 10 heteroatoms. The molecule has 3 N–H and O–H groups in total. The average Bonchev–Trinajstić information content (AvgIpc) is 3.04. The van der Waals surface area contributed by atoms with Gasteiger partial charge in [-0.3, -0.25) is 9.59 Å². The molecule has 0 aliphatic rings. The van der Waals surface area contributed by atoms with Crippen molar-refractivity contribution >= 4 is 35.6 Å². The Labute approximate surface area is 282 Å². The lowest BCUT2D eigenvalue weighted by atomic mass is 9.84. The minimum atomic E-state index is -1.34. The quantitative estimate of drug-likeness (QED) is 0.116. The number of hydrogen-bond donors (Lipinski definition) is 3. The number of thioether (sulfide) groups is 1. The van der Waals surface area contributed by atoms with Crippen molar-refractivity contribution in [3.05, 3.63) is 108 Å². The lowest BCUT2D eigenvalue weighted by Gasteiger charge is -2.35. The zero-order valence-electron chi connectivity index (χ0n) is 27.7. The lowest BCUT2D eigenvalue weighted by molar-refractivity contribution is -0.143. The molecule has 1 atom stereocenters. The highest BCUT2D eigenvalue weighted by molar-refractivity contribution is 8.00. The van der Waals surface area contributed by atoms with E-state index in [2.05, 4.69) is 83.4 Å². The monoisotopic (exact) mass is 661 g/mol. The van der Waals surface area contributed by atoms with Crippen molar-refractivity contribution in [2.45, 2.75) is 69.3 Å². The number of carboxylic acids is 1. The van der Waals surface area contributed by atoms with Crippen LogP contribution in [-0.2, 0) is 23.9 Å². The van der Waals surface area contributed by atoms with Crippen LogP contribution in [-0.4, -0.2) is 71.4 Å². The van der Waals surface area contributed by atoms with Crippen molar-refractivity contribution in [1.29, 1.82) is 0 Å². The predicted octanol–water partition coefficient (Wildman–Crippen LogP) is 6.21. The number of amides is 3. The molecule has 0 bridgehead atoms. The predicted molar refractivity (Wildman–Crippen MR) is 186 cm³/mol. The minimum Gasteiger partial charge on any atom is -0.480 e. The molecule has 0 fully saturated rings. The van der Waals surface area contributed by atoms with E-state index in [4.69, 9.17) is 4.74 Å². The molecule has 0 saturated carbocycles. The van der Waals surface area contributed by atoms with Crippen LogP contribution in [0, 0.1) is 0 Å². The second kappa shape index (κ2) is 18.1. The summed E-state index contributed by atoms with van der Waals surface area (Å²) in [6.07, 6.45) is 1.49. The highest BCUT2D eigenvalue weighted by Gasteiger charge is 2.36. The van der Waals surface area contributed by atoms with E-state index in [9.17, 15) is 24.3 Å². The number of carboxylic acid groups (broad SMARTS) is 1. The summed E-state index contributed by atoms with van der Waals surface area (Å²) in [7, 11) is 1.55. The maximum Gasteiger partial charge on any atom is 0.410 e. The summed E-state index contributed by atoms with van der Waals surface area (Å²) in [5, 5.41) is 14.7. The fourth-order valence-electron chi connectivity index (χ4n) is 5.08. The van der Waals surface area contributed by atoms with Gasteiger partial charge >= 0.3 is 12.1 Å². The van der Waals surface area contributed by atoms with E-state index in [1.165, 1.54) is 21.6 Å². The summed E-state index contributed by atoms with van der Waals surface area (Å²) in [6.45, 7) is 5.58. The smallest absolute Gasteiger partial charge is 0.410 e. The lowest BCUT2D eigenvalue weighted by Crippen LogP contribution is -2.45. The van der Waals surface area contributed by atoms with Crippen molar-refractivity contribution < 1.29 is 29.0 Å². The Morgan fingerprint density at radius 3 is 1.77 bits per heavy atom. The second-order valence-electron chi connectivity index (χ2n) is 12.4. The van der Waals surface area contributed by atoms with E-state index in [1.54, 1.807) is 27.8 Å². The number of benzene rings is 3. The molecule has 0 aliphatic heterocycles. The Bertz CT molecular complexity index is 1330. The molecule has 0 saturated heterocycles. The molecule has 0 radical (unpaired) electrons. The first-order valence-electron chi connectivity index (χ1n) is 16.0. The van der Waals surface area contributed by atoms with Crippen molar-refractivity contribution in [3.63, 3.8) is 0 Å². The fraction of sp³-hybridized carbons (Fsp3) is 0.405. The molecule has 0 aliphatic carbocycles. The highest BCUT2D eigenvalue weighted by Crippen LogP contribution is 2.48. The summed E-state index contributed by atoms with van der Waals surface area (Å²) in [5.41, 5.74) is 2.95. The van der Waals surface area contributed by atoms with Gasteiger partial charge in [-0.2, -0.15) is 0 Å². The molecule has 3 amide bonds. The van der Waals surface area contributed by atoms with Crippen molar-refractivity contribution in [1.82, 2.24) is 15.5 Å². The zero-order chi connectivity index (χ0) is 34.3. The molecule has 47 heavy (non-hydrogen) atoms. The number of unbranched alkanes of at least 4 members (excludes halogenated alkanes) is 2. The molecular weight excluding hydrogens is 614 g/mol. The van der Waals surface area contributed by atoms with Gasteiger partial charge in [0, 0.05) is 26.6 Å². The normalized spacial score (nSPS) is 12.1. The SMILES string of the molecule is CN(CCNC(=O)C[C@H](NC(=O)CCCCCSC(c1ccccc1)(c1ccccc1)c1ccccc1)C(=O)O)C(=O)OC(C)(C)C. The first-order valence-corrected chi connectivity index (χ1v) is 16.9. The Kier molecular flexibility index (Phi) is 14.3. The van der Waals surface area contributed by atoms with Gasteiger partial charge < -0.3 is 25.4 Å². The first kappa shape index (κ1) is 37.2. The van der Waals surface area contributed by atoms with Crippen LogP contribution < -0.4 is 10.6 Å². The van der Waals surface area contributed by atoms with Gasteiger partial charge in [-0.05, 0) is 56.1 Å². The van der Waals surface area contributed by atoms with Crippen LogP contribution in [0.3, 0.4) is 0 Å². The van der Waals surface area contributed by atoms with E-state index in [0.717, 1.165) is 18.6 Å². The van der Waals surface area contributed by atoms with Crippen LogP contribution in [0.25, 0.3) is 0 Å². The van der Waals surface area contributed by atoms with Gasteiger partial charge in [0.2, 0.25) is 11.8 Å². The van der Waals surface area contributed by atoms with Crippen molar-refractivity contribution in [3.8, 4) is 0 Å². The average molecular weight is 662 g/mol. The number of hydrogen-bond acceptors (Lipinski definition) is 6. The van der Waals surface area contributed by atoms with Crippen LogP contribution in [0.15, 0.2) is 91.0 Å². The molecule has 3 rings (SSSR count). The number of likely N-dealkylation sites (N-methyl/N-ethyl adjacent to an activating group) is 1. The second-order valence-corrected chi connectivity index (χ2v) is 13.7. The standard InChI is InChI=1S/C37H47N3O6S/c1-36(2,3)46-35(45)40(4)25-24-38-33(42)27-31(34(43)44)39-32(41)23-15-8-16-26-47-37(28-17-9-5-10-18-28,29-19-11-6-12-20-29)30-21-13-7-14-22-30/h5-7,9-14,17-22,31H,8,15-16,23-27H2,1-4H3,(H,38,42)(H,39,41)(H,43,44)/t31-/m0/s1. The molecule has 0 unspecified atom stereocenters. The molecule has 3 aromatic carbocycles. The van der Waals surface area contributed by atoms with E-state index in [1.807, 2.05) is 30.0 Å². The summed E-state index contributed by atoms with van der Waals surface area (Å²) < 4.78 is 4.87. The number of rotatable bonds is 17. The molecule has 252 valence electrons. The summed E-state index contributed by atoms with van der Waals surface area (Å²) >= 11 is 1.87. The van der Waals surface area contributed by atoms with E-state index in [-0.39, 0.29) is 19.5 Å². The van der Waals surface area contributed by atoms with Gasteiger partial charge in [0.25, 0.3) is 0 Å². The molecule has 0 spiro atoms. The number of nitrogens with one attached hydrogen (secondary N) is 2. The van der Waals surface area contributed by atoms with Gasteiger partial charge in [0.15, 0.2) is 0 Å². The maximum absolute atomic E-state index is 12.6.